The van der Waals surface area contributed by atoms with Gasteiger partial charge in [-0.1, -0.05) is 60.7 Å². The summed E-state index contributed by atoms with van der Waals surface area (Å²) in [4.78, 5) is 12.1. The molecule has 1 heterocycles. The van der Waals surface area contributed by atoms with E-state index in [4.69, 9.17) is 10.5 Å². The topological polar surface area (TPSA) is 70.1 Å². The molecule has 0 bridgehead atoms. The van der Waals surface area contributed by atoms with E-state index in [1.807, 2.05) is 42.5 Å². The predicted molar refractivity (Wildman–Crippen MR) is 107 cm³/mol. The van der Waals surface area contributed by atoms with Crippen LogP contribution >= 0.6 is 0 Å². The molecule has 0 spiro atoms. The highest BCUT2D eigenvalue weighted by Crippen LogP contribution is 2.33. The molecule has 5 heteroatoms. The number of carbonyl (C=O) groups excluding carboxylic acids is 1. The lowest BCUT2D eigenvalue weighted by atomic mass is 9.97. The summed E-state index contributed by atoms with van der Waals surface area (Å²) in [6.07, 6.45) is 1.45. The Morgan fingerprint density at radius 3 is 2.56 bits per heavy atom. The largest absolute Gasteiger partial charge is 0.462 e. The first-order valence-electron chi connectivity index (χ1n) is 8.79. The third kappa shape index (κ3) is 2.93. The summed E-state index contributed by atoms with van der Waals surface area (Å²) in [6.45, 7) is 2.05. The zero-order valence-corrected chi connectivity index (χ0v) is 14.9. The van der Waals surface area contributed by atoms with Gasteiger partial charge in [-0.2, -0.15) is 5.10 Å². The van der Waals surface area contributed by atoms with Crippen molar-refractivity contribution < 1.29 is 9.53 Å². The highest BCUT2D eigenvalue weighted by molar-refractivity contribution is 5.99. The third-order valence-electron chi connectivity index (χ3n) is 4.51. The second-order valence-electron chi connectivity index (χ2n) is 6.12. The Hall–Kier alpha value is -3.60. The number of anilines is 1. The van der Waals surface area contributed by atoms with Crippen molar-refractivity contribution in [2.75, 3.05) is 12.3 Å². The van der Waals surface area contributed by atoms with Crippen molar-refractivity contribution in [1.82, 2.24) is 9.78 Å². The molecule has 5 nitrogen and oxygen atoms in total. The molecule has 0 aliphatic rings. The molecule has 3 aromatic carbocycles. The lowest BCUT2D eigenvalue weighted by Gasteiger charge is -2.13. The van der Waals surface area contributed by atoms with Crippen molar-refractivity contribution in [2.24, 2.45) is 0 Å². The molecular weight excluding hydrogens is 338 g/mol. The van der Waals surface area contributed by atoms with Gasteiger partial charge in [0.2, 0.25) is 0 Å². The van der Waals surface area contributed by atoms with Crippen LogP contribution < -0.4 is 5.73 Å². The van der Waals surface area contributed by atoms with E-state index in [9.17, 15) is 4.79 Å². The number of nitrogens with zero attached hydrogens (tertiary/aromatic N) is 2. The second kappa shape index (κ2) is 6.96. The summed E-state index contributed by atoms with van der Waals surface area (Å²) >= 11 is 0. The van der Waals surface area contributed by atoms with Crippen LogP contribution in [0.5, 0.6) is 0 Å². The van der Waals surface area contributed by atoms with Crippen LogP contribution in [0.15, 0.2) is 72.9 Å². The summed E-state index contributed by atoms with van der Waals surface area (Å²) in [7, 11) is 0. The molecule has 0 saturated heterocycles. The van der Waals surface area contributed by atoms with Gasteiger partial charge >= 0.3 is 5.97 Å². The SMILES string of the molecule is CCOC(=O)c1cnn(-c2ccccc2-c2cccc3ccccc23)c1N. The van der Waals surface area contributed by atoms with Crippen molar-refractivity contribution >= 4 is 22.6 Å². The minimum absolute atomic E-state index is 0.265. The minimum Gasteiger partial charge on any atom is -0.462 e. The molecule has 0 fully saturated rings. The van der Waals surface area contributed by atoms with Gasteiger partial charge in [-0.05, 0) is 29.3 Å². The van der Waals surface area contributed by atoms with Gasteiger partial charge in [-0.25, -0.2) is 9.48 Å². The number of ether oxygens (including phenoxy) is 1. The van der Waals surface area contributed by atoms with Crippen LogP contribution in [0.2, 0.25) is 0 Å². The summed E-state index contributed by atoms with van der Waals surface area (Å²) in [5.41, 5.74) is 9.37. The number of nitrogen functional groups attached to an aromatic ring is 1. The van der Waals surface area contributed by atoms with Gasteiger partial charge in [0.1, 0.15) is 11.4 Å². The molecule has 4 aromatic rings. The maximum absolute atomic E-state index is 12.1. The highest BCUT2D eigenvalue weighted by Gasteiger charge is 2.19. The molecule has 134 valence electrons. The Labute approximate surface area is 157 Å². The molecule has 0 atom stereocenters. The van der Waals surface area contributed by atoms with Crippen molar-refractivity contribution in [3.05, 3.63) is 78.5 Å². The number of hydrogen-bond acceptors (Lipinski definition) is 4. The van der Waals surface area contributed by atoms with E-state index in [2.05, 4.69) is 29.4 Å². The van der Waals surface area contributed by atoms with Gasteiger partial charge in [0.15, 0.2) is 0 Å². The molecule has 4 rings (SSSR count). The average Bonchev–Trinajstić information content (AvgIpc) is 3.09. The van der Waals surface area contributed by atoms with E-state index >= 15 is 0 Å². The lowest BCUT2D eigenvalue weighted by Crippen LogP contribution is -2.09. The average molecular weight is 357 g/mol. The number of hydrogen-bond donors (Lipinski definition) is 1. The molecule has 1 aromatic heterocycles. The molecular formula is C22H19N3O2. The van der Waals surface area contributed by atoms with E-state index < -0.39 is 5.97 Å². The van der Waals surface area contributed by atoms with Crippen LogP contribution in [0.1, 0.15) is 17.3 Å². The van der Waals surface area contributed by atoms with Crippen molar-refractivity contribution in [3.8, 4) is 16.8 Å². The van der Waals surface area contributed by atoms with E-state index in [1.165, 1.54) is 6.20 Å². The number of nitrogens with two attached hydrogens (primary N) is 1. The first-order chi connectivity index (χ1) is 13.2. The zero-order valence-electron chi connectivity index (χ0n) is 14.9. The molecule has 0 aliphatic carbocycles. The van der Waals surface area contributed by atoms with Crippen LogP contribution in [0.25, 0.3) is 27.6 Å². The Kier molecular flexibility index (Phi) is 4.34. The number of rotatable bonds is 4. The fourth-order valence-corrected chi connectivity index (χ4v) is 3.26. The second-order valence-corrected chi connectivity index (χ2v) is 6.12. The van der Waals surface area contributed by atoms with Crippen LogP contribution in [-0.2, 0) is 4.74 Å². The molecule has 2 N–H and O–H groups in total. The summed E-state index contributed by atoms with van der Waals surface area (Å²) in [5, 5.41) is 6.65. The fourth-order valence-electron chi connectivity index (χ4n) is 3.26. The van der Waals surface area contributed by atoms with Gasteiger partial charge in [0.25, 0.3) is 0 Å². The monoisotopic (exact) mass is 357 g/mol. The standard InChI is InChI=1S/C22H19N3O2/c1-2-27-22(26)19-14-24-25(21(19)23)20-13-6-5-11-18(20)17-12-7-9-15-8-3-4-10-16(15)17/h3-14H,2,23H2,1H3. The quantitative estimate of drug-likeness (QED) is 0.548. The van der Waals surface area contributed by atoms with Crippen molar-refractivity contribution in [1.29, 1.82) is 0 Å². The smallest absolute Gasteiger partial charge is 0.343 e. The maximum Gasteiger partial charge on any atom is 0.343 e. The predicted octanol–water partition coefficient (Wildman–Crippen LogP) is 4.45. The van der Waals surface area contributed by atoms with Crippen LogP contribution in [-0.4, -0.2) is 22.4 Å². The van der Waals surface area contributed by atoms with E-state index in [1.54, 1.807) is 11.6 Å². The fraction of sp³-hybridized carbons (Fsp3) is 0.0909. The Balaban J connectivity index is 1.89. The molecule has 0 radical (unpaired) electrons. The number of carbonyl (C=O) groups is 1. The van der Waals surface area contributed by atoms with Gasteiger partial charge in [-0.15, -0.1) is 0 Å². The van der Waals surface area contributed by atoms with Crippen molar-refractivity contribution in [3.63, 3.8) is 0 Å². The van der Waals surface area contributed by atoms with Gasteiger partial charge in [-0.3, -0.25) is 0 Å². The Morgan fingerprint density at radius 1 is 1.00 bits per heavy atom. The van der Waals surface area contributed by atoms with Gasteiger partial charge in [0.05, 0.1) is 18.5 Å². The Morgan fingerprint density at radius 2 is 1.70 bits per heavy atom. The molecule has 0 unspecified atom stereocenters. The summed E-state index contributed by atoms with van der Waals surface area (Å²) in [5.74, 6) is -0.204. The first kappa shape index (κ1) is 16.8. The van der Waals surface area contributed by atoms with Crippen molar-refractivity contribution in [2.45, 2.75) is 6.92 Å². The lowest BCUT2D eigenvalue weighted by molar-refractivity contribution is 0.0527. The van der Waals surface area contributed by atoms with Gasteiger partial charge in [0, 0.05) is 5.56 Å². The number of fused-ring (bicyclic) bond motifs is 1. The summed E-state index contributed by atoms with van der Waals surface area (Å²) < 4.78 is 6.64. The number of benzene rings is 3. The number of aromatic nitrogens is 2. The molecule has 0 aliphatic heterocycles. The van der Waals surface area contributed by atoms with Crippen LogP contribution in [0.3, 0.4) is 0 Å². The van der Waals surface area contributed by atoms with E-state index in [0.29, 0.717) is 0 Å². The number of para-hydroxylation sites is 1. The van der Waals surface area contributed by atoms with Gasteiger partial charge < -0.3 is 10.5 Å². The first-order valence-corrected chi connectivity index (χ1v) is 8.79. The normalized spacial score (nSPS) is 10.9. The van der Waals surface area contributed by atoms with E-state index in [-0.39, 0.29) is 18.0 Å². The number of esters is 1. The molecule has 0 saturated carbocycles. The zero-order chi connectivity index (χ0) is 18.8. The van der Waals surface area contributed by atoms with Crippen LogP contribution in [0, 0.1) is 0 Å². The molecule has 0 amide bonds. The molecule has 27 heavy (non-hydrogen) atoms. The summed E-state index contributed by atoms with van der Waals surface area (Å²) in [6, 6.07) is 22.3. The third-order valence-corrected chi connectivity index (χ3v) is 4.51. The minimum atomic E-state index is -0.469. The van der Waals surface area contributed by atoms with E-state index in [0.717, 1.165) is 27.6 Å². The Bertz CT molecular complexity index is 1130. The maximum atomic E-state index is 12.1. The highest BCUT2D eigenvalue weighted by atomic mass is 16.5. The van der Waals surface area contributed by atoms with Crippen LogP contribution in [0.4, 0.5) is 5.82 Å².